The number of para-hydroxylation sites is 2. The zero-order valence-corrected chi connectivity index (χ0v) is 21.9. The molecule has 0 saturated carbocycles. The van der Waals surface area contributed by atoms with Crippen LogP contribution in [0.5, 0.6) is 0 Å². The van der Waals surface area contributed by atoms with Gasteiger partial charge in [0.25, 0.3) is 5.91 Å². The Kier molecular flexibility index (Phi) is 8.69. The lowest BCUT2D eigenvalue weighted by Gasteiger charge is -2.27. The third-order valence-electron chi connectivity index (χ3n) is 6.35. The number of benzene rings is 2. The summed E-state index contributed by atoms with van der Waals surface area (Å²) in [6, 6.07) is 12.4. The second kappa shape index (κ2) is 12.0. The van der Waals surface area contributed by atoms with Gasteiger partial charge in [0.05, 0.1) is 29.5 Å². The van der Waals surface area contributed by atoms with Crippen LogP contribution >= 0.6 is 11.6 Å². The van der Waals surface area contributed by atoms with E-state index in [0.29, 0.717) is 23.9 Å². The molecule has 0 saturated heterocycles. The van der Waals surface area contributed by atoms with Gasteiger partial charge in [-0.05, 0) is 75.3 Å². The van der Waals surface area contributed by atoms with Crippen molar-refractivity contribution in [3.8, 4) is 0 Å². The number of aliphatic hydroxyl groups is 1. The molecule has 2 aromatic carbocycles. The highest BCUT2D eigenvalue weighted by Crippen LogP contribution is 2.29. The SMILES string of the molecule is CC(C)(F)CC[C@H](Cc1cccc(F)c1)C[C@H](O)[C@@H](NC(=O)c1cnc2ccccc2n1)c1ncc(Cl)[nH]1. The van der Waals surface area contributed by atoms with Crippen LogP contribution in [0.3, 0.4) is 0 Å². The molecule has 1 amide bonds. The second-order valence-electron chi connectivity index (χ2n) is 10.1. The standard InChI is InChI=1S/C28H30ClF2N5O2/c1-28(2,31)11-10-18(12-17-6-5-7-19(30)13-17)14-23(37)25(26-33-16-24(29)35-26)36-27(38)22-15-32-20-8-3-4-9-21(20)34-22/h3-9,13,15-16,18,23,25,37H,10-12,14H2,1-2H3,(H,33,35)(H,36,38)/t18-,23+,25-/m1/s1. The normalized spacial score (nSPS) is 14.3. The lowest BCUT2D eigenvalue weighted by molar-refractivity contribution is 0.0717. The van der Waals surface area contributed by atoms with Crippen LogP contribution in [0.4, 0.5) is 8.78 Å². The number of aliphatic hydroxyl groups excluding tert-OH is 1. The molecule has 38 heavy (non-hydrogen) atoms. The van der Waals surface area contributed by atoms with E-state index in [1.807, 2.05) is 6.07 Å². The molecule has 200 valence electrons. The Morgan fingerprint density at radius 3 is 2.58 bits per heavy atom. The molecule has 0 aliphatic carbocycles. The van der Waals surface area contributed by atoms with Crippen molar-refractivity contribution in [3.05, 3.63) is 89.0 Å². The van der Waals surface area contributed by atoms with Crippen molar-refractivity contribution in [3.63, 3.8) is 0 Å². The molecule has 4 aromatic rings. The van der Waals surface area contributed by atoms with Crippen LogP contribution in [-0.2, 0) is 6.42 Å². The van der Waals surface area contributed by atoms with Crippen LogP contribution in [0.25, 0.3) is 11.0 Å². The number of fused-ring (bicyclic) bond motifs is 1. The number of hydrogen-bond donors (Lipinski definition) is 3. The highest BCUT2D eigenvalue weighted by Gasteiger charge is 2.30. The Labute approximate surface area is 224 Å². The number of alkyl halides is 1. The highest BCUT2D eigenvalue weighted by atomic mass is 35.5. The minimum atomic E-state index is -1.40. The van der Waals surface area contributed by atoms with Crippen LogP contribution in [0.15, 0.2) is 60.9 Å². The summed E-state index contributed by atoms with van der Waals surface area (Å²) in [5, 5.41) is 14.4. The first-order valence-electron chi connectivity index (χ1n) is 12.4. The number of rotatable bonds is 11. The Bertz CT molecular complexity index is 1390. The summed E-state index contributed by atoms with van der Waals surface area (Å²) in [5.74, 6) is -0.849. The second-order valence-corrected chi connectivity index (χ2v) is 10.5. The number of amides is 1. The molecule has 2 heterocycles. The third kappa shape index (κ3) is 7.55. The molecule has 10 heteroatoms. The number of H-pyrrole nitrogens is 1. The molecule has 0 aliphatic rings. The maximum absolute atomic E-state index is 14.4. The first-order valence-corrected chi connectivity index (χ1v) is 12.8. The van der Waals surface area contributed by atoms with Crippen molar-refractivity contribution in [1.82, 2.24) is 25.3 Å². The van der Waals surface area contributed by atoms with Crippen LogP contribution < -0.4 is 5.32 Å². The monoisotopic (exact) mass is 541 g/mol. The summed E-state index contributed by atoms with van der Waals surface area (Å²) in [4.78, 5) is 28.9. The van der Waals surface area contributed by atoms with Crippen molar-refractivity contribution in [1.29, 1.82) is 0 Å². The molecule has 0 radical (unpaired) electrons. The molecular weight excluding hydrogens is 512 g/mol. The van der Waals surface area contributed by atoms with Gasteiger partial charge in [-0.2, -0.15) is 0 Å². The number of carbonyl (C=O) groups is 1. The molecule has 0 spiro atoms. The first kappa shape index (κ1) is 27.6. The van der Waals surface area contributed by atoms with Crippen molar-refractivity contribution < 1.29 is 18.7 Å². The van der Waals surface area contributed by atoms with Crippen molar-refractivity contribution in [2.24, 2.45) is 5.92 Å². The van der Waals surface area contributed by atoms with E-state index in [-0.39, 0.29) is 41.2 Å². The molecule has 2 aromatic heterocycles. The number of nitrogens with one attached hydrogen (secondary N) is 2. The zero-order chi connectivity index (χ0) is 27.3. The highest BCUT2D eigenvalue weighted by molar-refractivity contribution is 6.29. The maximum atomic E-state index is 14.4. The van der Waals surface area contributed by atoms with E-state index in [4.69, 9.17) is 11.6 Å². The van der Waals surface area contributed by atoms with Gasteiger partial charge in [-0.25, -0.2) is 18.7 Å². The van der Waals surface area contributed by atoms with E-state index in [1.165, 1.54) is 38.4 Å². The van der Waals surface area contributed by atoms with Gasteiger partial charge in [0.15, 0.2) is 0 Å². The first-order chi connectivity index (χ1) is 18.1. The van der Waals surface area contributed by atoms with E-state index < -0.39 is 23.7 Å². The molecule has 0 fully saturated rings. The molecular formula is C28H30ClF2N5O2. The number of nitrogens with zero attached hydrogens (tertiary/aromatic N) is 3. The van der Waals surface area contributed by atoms with Gasteiger partial charge < -0.3 is 15.4 Å². The summed E-state index contributed by atoms with van der Waals surface area (Å²) >= 11 is 6.04. The van der Waals surface area contributed by atoms with Gasteiger partial charge in [-0.3, -0.25) is 9.78 Å². The molecule has 3 atom stereocenters. The molecule has 0 unspecified atom stereocenters. The molecule has 4 rings (SSSR count). The zero-order valence-electron chi connectivity index (χ0n) is 21.2. The summed E-state index contributed by atoms with van der Waals surface area (Å²) in [7, 11) is 0. The predicted molar refractivity (Wildman–Crippen MR) is 142 cm³/mol. The number of halogens is 3. The third-order valence-corrected chi connectivity index (χ3v) is 6.54. The van der Waals surface area contributed by atoms with Crippen LogP contribution in [0.1, 0.15) is 61.0 Å². The van der Waals surface area contributed by atoms with Gasteiger partial charge in [0.2, 0.25) is 0 Å². The van der Waals surface area contributed by atoms with Crippen LogP contribution in [0.2, 0.25) is 5.15 Å². The summed E-state index contributed by atoms with van der Waals surface area (Å²) in [5.41, 5.74) is 0.625. The average Bonchev–Trinajstić information content (AvgIpc) is 3.30. The topological polar surface area (TPSA) is 104 Å². The molecule has 7 nitrogen and oxygen atoms in total. The fourth-order valence-electron chi connectivity index (χ4n) is 4.43. The van der Waals surface area contributed by atoms with E-state index >= 15 is 0 Å². The summed E-state index contributed by atoms with van der Waals surface area (Å²) in [6.07, 6.45) is 2.97. The Morgan fingerprint density at radius 1 is 1.13 bits per heavy atom. The van der Waals surface area contributed by atoms with Gasteiger partial charge in [0.1, 0.15) is 34.2 Å². The Morgan fingerprint density at radius 2 is 1.89 bits per heavy atom. The van der Waals surface area contributed by atoms with Gasteiger partial charge in [-0.1, -0.05) is 35.9 Å². The predicted octanol–water partition coefficient (Wildman–Crippen LogP) is 5.75. The lowest BCUT2D eigenvalue weighted by Crippen LogP contribution is -2.38. The van der Waals surface area contributed by atoms with Gasteiger partial charge >= 0.3 is 0 Å². The van der Waals surface area contributed by atoms with E-state index in [1.54, 1.807) is 30.3 Å². The Hall–Kier alpha value is -3.43. The quantitative estimate of drug-likeness (QED) is 0.224. The summed E-state index contributed by atoms with van der Waals surface area (Å²) in [6.45, 7) is 3.00. The fourth-order valence-corrected chi connectivity index (χ4v) is 4.57. The van der Waals surface area contributed by atoms with E-state index in [0.717, 1.165) is 5.56 Å². The fraction of sp³-hybridized carbons (Fsp3) is 0.357. The van der Waals surface area contributed by atoms with Crippen molar-refractivity contribution in [2.45, 2.75) is 57.3 Å². The van der Waals surface area contributed by atoms with Crippen LogP contribution in [0, 0.1) is 11.7 Å². The minimum absolute atomic E-state index is 0.0778. The number of aromatic nitrogens is 4. The number of imidazole rings is 1. The molecule has 3 N–H and O–H groups in total. The minimum Gasteiger partial charge on any atom is -0.390 e. The smallest absolute Gasteiger partial charge is 0.272 e. The maximum Gasteiger partial charge on any atom is 0.272 e. The number of hydrogen-bond acceptors (Lipinski definition) is 5. The summed E-state index contributed by atoms with van der Waals surface area (Å²) < 4.78 is 28.2. The Balaban J connectivity index is 1.56. The number of aromatic amines is 1. The van der Waals surface area contributed by atoms with Crippen molar-refractivity contribution >= 4 is 28.5 Å². The van der Waals surface area contributed by atoms with Crippen LogP contribution in [-0.4, -0.2) is 42.7 Å². The largest absolute Gasteiger partial charge is 0.390 e. The van der Waals surface area contributed by atoms with Gasteiger partial charge in [0, 0.05) is 0 Å². The number of carbonyl (C=O) groups excluding carboxylic acids is 1. The lowest BCUT2D eigenvalue weighted by atomic mass is 9.85. The van der Waals surface area contributed by atoms with E-state index in [2.05, 4.69) is 25.3 Å². The molecule has 0 bridgehead atoms. The van der Waals surface area contributed by atoms with Crippen molar-refractivity contribution in [2.75, 3.05) is 0 Å². The molecule has 0 aliphatic heterocycles. The average molecular weight is 542 g/mol. The van der Waals surface area contributed by atoms with Gasteiger partial charge in [-0.15, -0.1) is 0 Å². The van der Waals surface area contributed by atoms with E-state index in [9.17, 15) is 18.7 Å².